The van der Waals surface area contributed by atoms with Crippen molar-refractivity contribution in [3.63, 3.8) is 0 Å². The van der Waals surface area contributed by atoms with Gasteiger partial charge in [0.25, 0.3) is 0 Å². The minimum atomic E-state index is -5.30. The third-order valence-corrected chi connectivity index (χ3v) is 6.41. The first-order valence-corrected chi connectivity index (χ1v) is 11.7. The molecule has 0 aliphatic rings. The molecule has 0 saturated carbocycles. The molecular weight excluding hydrogens is 447 g/mol. The second-order valence-electron chi connectivity index (χ2n) is 6.10. The summed E-state index contributed by atoms with van der Waals surface area (Å²) in [7, 11) is 1.36. The number of phenolic OH excluding ortho intramolecular Hbond substituents is 1. The molecule has 2 amide bonds. The van der Waals surface area contributed by atoms with E-state index in [4.69, 9.17) is 9.99 Å². The Morgan fingerprint density at radius 1 is 1.17 bits per heavy atom. The van der Waals surface area contributed by atoms with E-state index in [1.165, 1.54) is 44.3 Å². The fraction of sp³-hybridized carbons (Fsp3) is 0.222. The number of hydrogen-bond donors (Lipinski definition) is 4. The molecule has 1 unspecified atom stereocenters. The normalized spacial score (nSPS) is 12.8. The van der Waals surface area contributed by atoms with Gasteiger partial charge in [0, 0.05) is 0 Å². The molecule has 0 aliphatic heterocycles. The number of rotatable bonds is 8. The van der Waals surface area contributed by atoms with Crippen molar-refractivity contribution in [2.75, 3.05) is 23.9 Å². The molecule has 0 bridgehead atoms. The van der Waals surface area contributed by atoms with Gasteiger partial charge in [-0.15, -0.1) is 0 Å². The molecule has 11 heteroatoms. The summed E-state index contributed by atoms with van der Waals surface area (Å²) < 4.78 is 30.9. The van der Waals surface area contributed by atoms with Crippen LogP contribution in [0.2, 0.25) is 0 Å². The minimum absolute atomic E-state index is 0.0199. The second-order valence-corrected chi connectivity index (χ2v) is 9.64. The molecule has 0 heterocycles. The maximum atomic E-state index is 12.5. The van der Waals surface area contributed by atoms with Crippen LogP contribution in [-0.2, 0) is 28.5 Å². The van der Waals surface area contributed by atoms with Crippen molar-refractivity contribution in [2.24, 2.45) is 0 Å². The van der Waals surface area contributed by atoms with E-state index in [1.54, 1.807) is 12.1 Å². The van der Waals surface area contributed by atoms with E-state index in [9.17, 15) is 22.5 Å². The Bertz CT molecular complexity index is 932. The molecule has 4 N–H and O–H groups in total. The molecule has 2 rings (SSSR count). The number of likely N-dealkylation sites (N-methyl/N-ethyl adjacent to an activating group) is 1. The number of nitrogens with zero attached hydrogens (tertiary/aromatic N) is 1. The van der Waals surface area contributed by atoms with Gasteiger partial charge in [0.1, 0.15) is 0 Å². The molecule has 1 atom stereocenters. The molecule has 156 valence electrons. The zero-order valence-corrected chi connectivity index (χ0v) is 17.6. The monoisotopic (exact) mass is 468 g/mol. The van der Waals surface area contributed by atoms with E-state index in [0.717, 1.165) is 10.5 Å². The Balaban J connectivity index is 2.18. The first-order valence-electron chi connectivity index (χ1n) is 8.34. The van der Waals surface area contributed by atoms with Crippen LogP contribution in [0.3, 0.4) is 0 Å². The summed E-state index contributed by atoms with van der Waals surface area (Å²) in [5.41, 5.74) is 1.01. The van der Waals surface area contributed by atoms with Crippen LogP contribution in [0.5, 0.6) is 5.75 Å². The van der Waals surface area contributed by atoms with E-state index in [2.05, 4.69) is 9.19 Å². The van der Waals surface area contributed by atoms with Crippen LogP contribution in [0.25, 0.3) is 0 Å². The summed E-state index contributed by atoms with van der Waals surface area (Å²) >= 11 is -5.30. The molecule has 29 heavy (non-hydrogen) atoms. The quantitative estimate of drug-likeness (QED) is 0.250. The average Bonchev–Trinajstić information content (AvgIpc) is 2.68. The van der Waals surface area contributed by atoms with Gasteiger partial charge in [-0.3, -0.25) is 0 Å². The van der Waals surface area contributed by atoms with Crippen LogP contribution in [0.4, 0.5) is 11.4 Å². The SMILES string of the molecule is CC(=O)Nc1ccc([As](=O)(O)OO)c(N(C)C(=O)COCc2ccc(O)cc2)c1. The molecule has 0 spiro atoms. The van der Waals surface area contributed by atoms with Crippen molar-refractivity contribution < 1.29 is 36.4 Å². The Hall–Kier alpha value is -2.62. The molecule has 0 radical (unpaired) electrons. The molecule has 2 aromatic carbocycles. The van der Waals surface area contributed by atoms with Crippen molar-refractivity contribution in [2.45, 2.75) is 13.5 Å². The third-order valence-electron chi connectivity index (χ3n) is 3.88. The van der Waals surface area contributed by atoms with Gasteiger partial charge in [-0.1, -0.05) is 0 Å². The van der Waals surface area contributed by atoms with Crippen molar-refractivity contribution >= 4 is 41.7 Å². The van der Waals surface area contributed by atoms with Crippen molar-refractivity contribution in [3.8, 4) is 5.75 Å². The average molecular weight is 468 g/mol. The van der Waals surface area contributed by atoms with Gasteiger partial charge in [-0.05, 0) is 0 Å². The number of carbonyl (C=O) groups is 2. The number of aromatic hydroxyl groups is 1. The topological polar surface area (TPSA) is 146 Å². The molecule has 0 fully saturated rings. The van der Waals surface area contributed by atoms with Crippen LogP contribution in [0, 0.1) is 0 Å². The molecular formula is C18H21AsN2O8. The number of hydrogen-bond acceptors (Lipinski definition) is 7. The summed E-state index contributed by atoms with van der Waals surface area (Å²) in [6.45, 7) is 1.06. The van der Waals surface area contributed by atoms with Gasteiger partial charge in [0.05, 0.1) is 0 Å². The predicted octanol–water partition coefficient (Wildman–Crippen LogP) is 0.588. The van der Waals surface area contributed by atoms with Crippen molar-refractivity contribution in [1.29, 1.82) is 0 Å². The number of benzene rings is 2. The summed E-state index contributed by atoms with van der Waals surface area (Å²) in [5.74, 6) is -0.804. The first-order chi connectivity index (χ1) is 13.6. The number of carbonyl (C=O) groups excluding carboxylic acids is 2. The zero-order chi connectivity index (χ0) is 21.6. The number of amides is 2. The maximum absolute atomic E-state index is 12.5. The Morgan fingerprint density at radius 2 is 1.83 bits per heavy atom. The molecule has 2 aromatic rings. The number of ether oxygens (including phenoxy) is 1. The van der Waals surface area contributed by atoms with E-state index >= 15 is 0 Å². The van der Waals surface area contributed by atoms with Crippen LogP contribution in [-0.4, -0.2) is 54.1 Å². The van der Waals surface area contributed by atoms with Crippen LogP contribution >= 0.6 is 0 Å². The Morgan fingerprint density at radius 3 is 2.41 bits per heavy atom. The van der Waals surface area contributed by atoms with Crippen LogP contribution in [0.15, 0.2) is 42.5 Å². The molecule has 0 aliphatic carbocycles. The summed E-state index contributed by atoms with van der Waals surface area (Å²) in [5, 5.41) is 20.6. The summed E-state index contributed by atoms with van der Waals surface area (Å²) in [6.07, 6.45) is 0. The van der Waals surface area contributed by atoms with Gasteiger partial charge in [-0.25, -0.2) is 0 Å². The van der Waals surface area contributed by atoms with E-state index in [0.29, 0.717) is 0 Å². The van der Waals surface area contributed by atoms with Gasteiger partial charge >= 0.3 is 169 Å². The molecule has 0 aromatic heterocycles. The van der Waals surface area contributed by atoms with E-state index in [-0.39, 0.29) is 40.6 Å². The second kappa shape index (κ2) is 9.73. The first kappa shape index (κ1) is 22.7. The number of nitrogens with one attached hydrogen (secondary N) is 1. The summed E-state index contributed by atoms with van der Waals surface area (Å²) in [4.78, 5) is 24.8. The Kier molecular flexibility index (Phi) is 7.60. The summed E-state index contributed by atoms with van der Waals surface area (Å²) in [6, 6.07) is 10.1. The van der Waals surface area contributed by atoms with E-state index < -0.39 is 20.1 Å². The number of anilines is 2. The van der Waals surface area contributed by atoms with Crippen molar-refractivity contribution in [1.82, 2.24) is 0 Å². The fourth-order valence-electron chi connectivity index (χ4n) is 2.44. The van der Waals surface area contributed by atoms with Crippen molar-refractivity contribution in [3.05, 3.63) is 48.0 Å². The third kappa shape index (κ3) is 6.18. The number of phenols is 1. The molecule has 10 nitrogen and oxygen atoms in total. The predicted molar refractivity (Wildman–Crippen MR) is 104 cm³/mol. The van der Waals surface area contributed by atoms with Crippen LogP contribution in [0.1, 0.15) is 12.5 Å². The molecule has 0 saturated heterocycles. The van der Waals surface area contributed by atoms with Gasteiger partial charge in [0.2, 0.25) is 0 Å². The van der Waals surface area contributed by atoms with Crippen LogP contribution < -0.4 is 14.6 Å². The van der Waals surface area contributed by atoms with Gasteiger partial charge in [0.15, 0.2) is 0 Å². The zero-order valence-electron chi connectivity index (χ0n) is 15.7. The van der Waals surface area contributed by atoms with Gasteiger partial charge < -0.3 is 0 Å². The Labute approximate surface area is 169 Å². The standard InChI is InChI=1S/C18H21AsN2O8/c1-12(22)20-14-5-8-16(19(25,26)29-27)17(9-14)21(2)18(24)11-28-10-13-3-6-15(23)7-4-13/h3-9,23,27H,10-11H2,1-2H3,(H,20,22)(H,25,26). The fourth-order valence-corrected chi connectivity index (χ4v) is 4.23. The van der Waals surface area contributed by atoms with Gasteiger partial charge in [-0.2, -0.15) is 0 Å². The van der Waals surface area contributed by atoms with E-state index in [1.807, 2.05) is 0 Å².